The molecule has 0 saturated carbocycles. The molecule has 0 aliphatic rings. The second kappa shape index (κ2) is 4.73. The average molecular weight is 244 g/mol. The zero-order chi connectivity index (χ0) is 12.3. The molecule has 86 valence electrons. The highest BCUT2D eigenvalue weighted by Gasteiger charge is 2.34. The molecule has 1 unspecified atom stereocenters. The second-order valence-corrected chi connectivity index (χ2v) is 4.38. The van der Waals surface area contributed by atoms with Crippen LogP contribution in [0.15, 0.2) is 60.7 Å². The van der Waals surface area contributed by atoms with Crippen LogP contribution in [0.2, 0.25) is 0 Å². The molecule has 0 aliphatic heterocycles. The number of rotatable bonds is 3. The molecule has 0 spiro atoms. The fraction of sp³-hybridized carbons (Fsp3) is 0.0714. The summed E-state index contributed by atoms with van der Waals surface area (Å²) < 4.78 is 0. The lowest BCUT2D eigenvalue weighted by Gasteiger charge is -2.21. The molecule has 0 saturated heterocycles. The van der Waals surface area contributed by atoms with Crippen LogP contribution in [0.4, 0.5) is 0 Å². The van der Waals surface area contributed by atoms with Crippen molar-refractivity contribution in [3.05, 3.63) is 71.8 Å². The van der Waals surface area contributed by atoms with Crippen LogP contribution in [0.5, 0.6) is 0 Å². The Morgan fingerprint density at radius 3 is 1.94 bits per heavy atom. The summed E-state index contributed by atoms with van der Waals surface area (Å²) in [6.07, 6.45) is 0. The highest BCUT2D eigenvalue weighted by molar-refractivity contribution is 7.82. The zero-order valence-corrected chi connectivity index (χ0v) is 9.97. The first-order valence-corrected chi connectivity index (χ1v) is 5.67. The summed E-state index contributed by atoms with van der Waals surface area (Å²) in [4.78, 5) is 10.4. The molecule has 2 rings (SSSR count). The first-order valence-electron chi connectivity index (χ1n) is 5.22. The Labute approximate surface area is 105 Å². The van der Waals surface area contributed by atoms with Crippen molar-refractivity contribution < 1.29 is 9.90 Å². The van der Waals surface area contributed by atoms with E-state index in [4.69, 9.17) is 0 Å². The van der Waals surface area contributed by atoms with Gasteiger partial charge in [-0.3, -0.25) is 4.79 Å². The van der Waals surface area contributed by atoms with Crippen molar-refractivity contribution in [2.75, 3.05) is 0 Å². The van der Waals surface area contributed by atoms with Gasteiger partial charge in [0.25, 0.3) is 0 Å². The Morgan fingerprint density at radius 1 is 0.941 bits per heavy atom. The molecule has 0 bridgehead atoms. The molecule has 0 aromatic heterocycles. The standard InChI is InChI=1S/C14H12O2S/c15-13(11-7-3-1-4-8-11)14(16,17)12-9-5-2-6-10-12/h1-10,16-17H. The lowest BCUT2D eigenvalue weighted by molar-refractivity contribution is 0.0665. The Morgan fingerprint density at radius 2 is 1.41 bits per heavy atom. The third-order valence-corrected chi connectivity index (χ3v) is 2.99. The first-order chi connectivity index (χ1) is 8.12. The van der Waals surface area contributed by atoms with E-state index in [-0.39, 0.29) is 0 Å². The van der Waals surface area contributed by atoms with Crippen molar-refractivity contribution in [1.82, 2.24) is 0 Å². The van der Waals surface area contributed by atoms with Gasteiger partial charge in [0.2, 0.25) is 5.78 Å². The molecule has 0 heterocycles. The summed E-state index contributed by atoms with van der Waals surface area (Å²) in [5.41, 5.74) is 0.908. The van der Waals surface area contributed by atoms with E-state index in [1.807, 2.05) is 12.1 Å². The van der Waals surface area contributed by atoms with Gasteiger partial charge in [-0.25, -0.2) is 0 Å². The number of aliphatic hydroxyl groups is 1. The predicted octanol–water partition coefficient (Wildman–Crippen LogP) is 2.64. The number of Topliss-reactive ketones (excluding diaryl/α,β-unsaturated/α-hetero) is 1. The van der Waals surface area contributed by atoms with Crippen LogP contribution >= 0.6 is 12.6 Å². The topological polar surface area (TPSA) is 37.3 Å². The molecule has 3 heteroatoms. The maximum absolute atomic E-state index is 12.1. The van der Waals surface area contributed by atoms with E-state index in [1.54, 1.807) is 48.5 Å². The number of hydrogen-bond donors (Lipinski definition) is 2. The Balaban J connectivity index is 2.37. The van der Waals surface area contributed by atoms with Gasteiger partial charge in [-0.1, -0.05) is 60.7 Å². The smallest absolute Gasteiger partial charge is 0.209 e. The van der Waals surface area contributed by atoms with Crippen molar-refractivity contribution in [3.63, 3.8) is 0 Å². The summed E-state index contributed by atoms with van der Waals surface area (Å²) in [6, 6.07) is 17.3. The van der Waals surface area contributed by atoms with Crippen molar-refractivity contribution in [1.29, 1.82) is 0 Å². The normalized spacial score (nSPS) is 14.0. The maximum Gasteiger partial charge on any atom is 0.209 e. The van der Waals surface area contributed by atoms with Gasteiger partial charge in [0.15, 0.2) is 4.93 Å². The molecule has 2 aromatic carbocycles. The SMILES string of the molecule is O=C(c1ccccc1)C(O)(S)c1ccccc1. The van der Waals surface area contributed by atoms with Gasteiger partial charge in [-0.15, -0.1) is 12.6 Å². The zero-order valence-electron chi connectivity index (χ0n) is 9.08. The minimum Gasteiger partial charge on any atom is -0.369 e. The van der Waals surface area contributed by atoms with E-state index in [0.29, 0.717) is 11.1 Å². The average Bonchev–Trinajstić information content (AvgIpc) is 2.40. The van der Waals surface area contributed by atoms with Gasteiger partial charge in [0, 0.05) is 11.1 Å². The van der Waals surface area contributed by atoms with Crippen LogP contribution < -0.4 is 0 Å². The number of carbonyl (C=O) groups is 1. The predicted molar refractivity (Wildman–Crippen MR) is 70.1 cm³/mol. The first kappa shape index (κ1) is 11.9. The van der Waals surface area contributed by atoms with Crippen LogP contribution in [0.3, 0.4) is 0 Å². The Kier molecular flexibility index (Phi) is 3.31. The van der Waals surface area contributed by atoms with E-state index >= 15 is 0 Å². The molecule has 0 amide bonds. The summed E-state index contributed by atoms with van der Waals surface area (Å²) in [6.45, 7) is 0. The number of hydrogen-bond acceptors (Lipinski definition) is 3. The van der Waals surface area contributed by atoms with Gasteiger partial charge in [-0.05, 0) is 0 Å². The molecule has 0 aliphatic carbocycles. The molecule has 1 atom stereocenters. The third kappa shape index (κ3) is 2.40. The summed E-state index contributed by atoms with van der Waals surface area (Å²) in [7, 11) is 0. The van der Waals surface area contributed by atoms with Gasteiger partial charge in [0.1, 0.15) is 0 Å². The molecule has 2 aromatic rings. The Hall–Kier alpha value is -1.58. The molecule has 1 N–H and O–H groups in total. The highest BCUT2D eigenvalue weighted by Crippen LogP contribution is 2.29. The van der Waals surface area contributed by atoms with E-state index in [2.05, 4.69) is 12.6 Å². The van der Waals surface area contributed by atoms with E-state index in [9.17, 15) is 9.90 Å². The summed E-state index contributed by atoms with van der Waals surface area (Å²) >= 11 is 4.09. The maximum atomic E-state index is 12.1. The number of carbonyl (C=O) groups excluding carboxylic acids is 1. The van der Waals surface area contributed by atoms with Crippen LogP contribution in [-0.4, -0.2) is 10.9 Å². The lowest BCUT2D eigenvalue weighted by Crippen LogP contribution is -2.29. The van der Waals surface area contributed by atoms with Crippen LogP contribution in [0.25, 0.3) is 0 Å². The van der Waals surface area contributed by atoms with Crippen molar-refractivity contribution >= 4 is 18.4 Å². The minimum absolute atomic E-state index is 0.423. The van der Waals surface area contributed by atoms with E-state index in [0.717, 1.165) is 0 Å². The number of ketones is 1. The van der Waals surface area contributed by atoms with Crippen molar-refractivity contribution in [3.8, 4) is 0 Å². The van der Waals surface area contributed by atoms with E-state index < -0.39 is 10.7 Å². The van der Waals surface area contributed by atoms with E-state index in [1.165, 1.54) is 0 Å². The van der Waals surface area contributed by atoms with Crippen LogP contribution in [0, 0.1) is 0 Å². The summed E-state index contributed by atoms with van der Waals surface area (Å²) in [5.74, 6) is -0.423. The molecular formula is C14H12O2S. The fourth-order valence-electron chi connectivity index (χ4n) is 1.59. The molecule has 0 radical (unpaired) electrons. The Bertz CT molecular complexity index is 506. The molecule has 17 heavy (non-hydrogen) atoms. The van der Waals surface area contributed by atoms with Crippen molar-refractivity contribution in [2.24, 2.45) is 0 Å². The molecule has 2 nitrogen and oxygen atoms in total. The van der Waals surface area contributed by atoms with Crippen molar-refractivity contribution in [2.45, 2.75) is 4.93 Å². The molecule has 0 fully saturated rings. The van der Waals surface area contributed by atoms with Crippen LogP contribution in [0.1, 0.15) is 15.9 Å². The minimum atomic E-state index is -1.79. The third-order valence-electron chi connectivity index (χ3n) is 2.53. The van der Waals surface area contributed by atoms with Gasteiger partial charge >= 0.3 is 0 Å². The monoisotopic (exact) mass is 244 g/mol. The second-order valence-electron chi connectivity index (χ2n) is 3.73. The highest BCUT2D eigenvalue weighted by atomic mass is 32.1. The van der Waals surface area contributed by atoms with Gasteiger partial charge in [-0.2, -0.15) is 0 Å². The van der Waals surface area contributed by atoms with Crippen LogP contribution in [-0.2, 0) is 4.93 Å². The number of benzene rings is 2. The quantitative estimate of drug-likeness (QED) is 0.495. The summed E-state index contributed by atoms with van der Waals surface area (Å²) in [5, 5.41) is 10.2. The fourth-order valence-corrected chi connectivity index (χ4v) is 1.87. The largest absolute Gasteiger partial charge is 0.369 e. The van der Waals surface area contributed by atoms with Gasteiger partial charge in [0.05, 0.1) is 0 Å². The lowest BCUT2D eigenvalue weighted by atomic mass is 9.99. The molecular weight excluding hydrogens is 232 g/mol. The number of thiol groups is 1. The van der Waals surface area contributed by atoms with Gasteiger partial charge < -0.3 is 5.11 Å².